The number of hydrogen-bond acceptors (Lipinski definition) is 6. The fourth-order valence-electron chi connectivity index (χ4n) is 2.79. The largest absolute Gasteiger partial charge is 0.354 e. The van der Waals surface area contributed by atoms with Gasteiger partial charge in [0.1, 0.15) is 10.6 Å². The van der Waals surface area contributed by atoms with Crippen LogP contribution in [0, 0.1) is 19.8 Å². The van der Waals surface area contributed by atoms with E-state index >= 15 is 0 Å². The Balaban J connectivity index is 2.12. The molecule has 0 saturated heterocycles. The van der Waals surface area contributed by atoms with Crippen molar-refractivity contribution in [3.8, 4) is 5.69 Å². The summed E-state index contributed by atoms with van der Waals surface area (Å²) in [4.78, 5) is 17.3. The van der Waals surface area contributed by atoms with Crippen LogP contribution in [0.2, 0.25) is 10.0 Å². The minimum Gasteiger partial charge on any atom is -0.261 e. The number of anilines is 1. The average molecular weight is 507 g/mol. The number of hydrogen-bond donors (Lipinski definition) is 1. The molecule has 0 spiro atoms. The Hall–Kier alpha value is -1.26. The molecular formula is C19H21Cl2N3O3S3. The number of sulfonamides is 1. The minimum absolute atomic E-state index is 0.0118. The molecule has 2 heterocycles. The summed E-state index contributed by atoms with van der Waals surface area (Å²) in [7, 11) is -4.16. The van der Waals surface area contributed by atoms with Crippen LogP contribution in [0.15, 0.2) is 32.1 Å². The molecule has 11 heteroatoms. The number of thioether (sulfide) groups is 1. The molecule has 6 nitrogen and oxygen atoms in total. The first kappa shape index (κ1) is 23.4. The lowest BCUT2D eigenvalue weighted by molar-refractivity contribution is 0.601. The quantitative estimate of drug-likeness (QED) is 0.423. The highest BCUT2D eigenvalue weighted by atomic mass is 35.5. The van der Waals surface area contributed by atoms with E-state index in [0.717, 1.165) is 27.0 Å². The zero-order valence-corrected chi connectivity index (χ0v) is 20.8. The van der Waals surface area contributed by atoms with Gasteiger partial charge in [0.15, 0.2) is 5.82 Å². The van der Waals surface area contributed by atoms with Gasteiger partial charge in [0.05, 0.1) is 14.3 Å². The van der Waals surface area contributed by atoms with Crippen molar-refractivity contribution >= 4 is 62.1 Å². The zero-order valence-electron chi connectivity index (χ0n) is 16.8. The molecule has 0 aliphatic carbocycles. The molecule has 30 heavy (non-hydrogen) atoms. The van der Waals surface area contributed by atoms with Gasteiger partial charge in [-0.2, -0.15) is 4.98 Å². The van der Waals surface area contributed by atoms with E-state index in [4.69, 9.17) is 23.2 Å². The molecule has 0 saturated carbocycles. The van der Waals surface area contributed by atoms with E-state index in [0.29, 0.717) is 11.6 Å². The van der Waals surface area contributed by atoms with Crippen molar-refractivity contribution in [3.63, 3.8) is 0 Å². The topological polar surface area (TPSA) is 81.1 Å². The second kappa shape index (κ2) is 9.08. The number of rotatable bonds is 7. The van der Waals surface area contributed by atoms with Gasteiger partial charge in [0.2, 0.25) is 0 Å². The normalized spacial score (nSPS) is 12.1. The highest BCUT2D eigenvalue weighted by Gasteiger charge is 2.29. The standard InChI is InChI=1S/C19H21Cl2N3O3S3/c1-10(2)8-9-28-18-15-17(22-19(25)24(15)11(3)12(4)29-18)23-30(26,27)16-13(20)6-5-7-14(16)21/h5-7,10H,8-9H2,1-4H3,(H,22,23,25). The Kier molecular flexibility index (Phi) is 7.08. The number of fused-ring (bicyclic) bond motifs is 1. The van der Waals surface area contributed by atoms with Crippen molar-refractivity contribution in [2.75, 3.05) is 10.5 Å². The van der Waals surface area contributed by atoms with Crippen LogP contribution in [0.3, 0.4) is 0 Å². The molecule has 162 valence electrons. The van der Waals surface area contributed by atoms with Crippen LogP contribution in [0.5, 0.6) is 0 Å². The van der Waals surface area contributed by atoms with Gasteiger partial charge < -0.3 is 0 Å². The van der Waals surface area contributed by atoms with Crippen LogP contribution in [0.1, 0.15) is 30.8 Å². The third kappa shape index (κ3) is 4.65. The summed E-state index contributed by atoms with van der Waals surface area (Å²) < 4.78 is 30.8. The van der Waals surface area contributed by atoms with Gasteiger partial charge in [-0.05, 0) is 44.1 Å². The SMILES string of the molecule is Cc1sc(SCCC(C)C)c2c(NS(=O)(=O)c3c(Cl)cccc3Cl)nc(=O)n-2c1C. The van der Waals surface area contributed by atoms with Gasteiger partial charge in [-0.3, -0.25) is 9.29 Å². The fourth-order valence-corrected chi connectivity index (χ4v) is 7.71. The van der Waals surface area contributed by atoms with Crippen LogP contribution in [0.4, 0.5) is 5.82 Å². The van der Waals surface area contributed by atoms with Crippen LogP contribution in [-0.4, -0.2) is 23.7 Å². The van der Waals surface area contributed by atoms with Crippen molar-refractivity contribution in [2.24, 2.45) is 5.92 Å². The molecule has 1 aromatic carbocycles. The highest BCUT2D eigenvalue weighted by molar-refractivity contribution is 8.01. The molecule has 2 aliphatic rings. The minimum atomic E-state index is -4.16. The summed E-state index contributed by atoms with van der Waals surface area (Å²) in [6.45, 7) is 8.02. The maximum atomic E-state index is 13.0. The summed E-state index contributed by atoms with van der Waals surface area (Å²) in [5.74, 6) is 1.35. The Morgan fingerprint density at radius 2 is 1.87 bits per heavy atom. The number of imidazole rings is 1. The first-order chi connectivity index (χ1) is 14.0. The van der Waals surface area contributed by atoms with Crippen molar-refractivity contribution in [1.82, 2.24) is 9.55 Å². The van der Waals surface area contributed by atoms with Gasteiger partial charge in [-0.1, -0.05) is 43.1 Å². The third-order valence-electron chi connectivity index (χ3n) is 4.48. The van der Waals surface area contributed by atoms with Crippen LogP contribution >= 0.6 is 46.3 Å². The van der Waals surface area contributed by atoms with E-state index in [9.17, 15) is 13.2 Å². The third-order valence-corrected chi connectivity index (χ3v) is 9.25. The lowest BCUT2D eigenvalue weighted by Crippen LogP contribution is -2.17. The van der Waals surface area contributed by atoms with E-state index in [1.54, 1.807) is 17.8 Å². The molecule has 2 aliphatic heterocycles. The number of aromatic nitrogens is 2. The maximum Gasteiger partial charge on any atom is 0.354 e. The van der Waals surface area contributed by atoms with Crippen LogP contribution in [-0.2, 0) is 10.0 Å². The summed E-state index contributed by atoms with van der Waals surface area (Å²) in [5, 5.41) is -0.0236. The molecule has 0 amide bonds. The molecule has 0 atom stereocenters. The second-order valence-corrected chi connectivity index (χ2v) is 12.2. The molecule has 0 bridgehead atoms. The molecule has 0 aromatic heterocycles. The second-order valence-electron chi connectivity index (χ2n) is 7.15. The number of aryl methyl sites for hydroxylation is 1. The van der Waals surface area contributed by atoms with Gasteiger partial charge in [0, 0.05) is 10.6 Å². The number of nitrogens with one attached hydrogen (secondary N) is 1. The first-order valence-corrected chi connectivity index (χ1v) is 13.2. The predicted molar refractivity (Wildman–Crippen MR) is 126 cm³/mol. The van der Waals surface area contributed by atoms with Crippen molar-refractivity contribution in [2.45, 2.75) is 43.2 Å². The molecule has 0 fully saturated rings. The van der Waals surface area contributed by atoms with E-state index < -0.39 is 15.7 Å². The van der Waals surface area contributed by atoms with Gasteiger partial charge >= 0.3 is 5.69 Å². The molecule has 0 radical (unpaired) electrons. The van der Waals surface area contributed by atoms with Crippen LogP contribution in [0.25, 0.3) is 5.69 Å². The van der Waals surface area contributed by atoms with Crippen molar-refractivity contribution < 1.29 is 8.42 Å². The van der Waals surface area contributed by atoms with E-state index in [2.05, 4.69) is 23.6 Å². The zero-order chi connectivity index (χ0) is 22.2. The summed E-state index contributed by atoms with van der Waals surface area (Å²) >= 11 is 15.3. The van der Waals surface area contributed by atoms with Gasteiger partial charge in [-0.15, -0.1) is 23.1 Å². The molecule has 1 N–H and O–H groups in total. The molecule has 1 aromatic rings. The lowest BCUT2D eigenvalue weighted by Gasteiger charge is -2.16. The molecular weight excluding hydrogens is 485 g/mol. The summed E-state index contributed by atoms with van der Waals surface area (Å²) in [6.07, 6.45) is 0.991. The van der Waals surface area contributed by atoms with E-state index in [1.165, 1.54) is 28.0 Å². The summed E-state index contributed by atoms with van der Waals surface area (Å²) in [6, 6.07) is 4.44. The number of halogens is 2. The lowest BCUT2D eigenvalue weighted by atomic mass is 10.2. The predicted octanol–water partition coefficient (Wildman–Crippen LogP) is 5.59. The number of benzene rings is 1. The van der Waals surface area contributed by atoms with Crippen molar-refractivity contribution in [1.29, 1.82) is 0 Å². The Labute approximate surface area is 194 Å². The van der Waals surface area contributed by atoms with Gasteiger partial charge in [0.25, 0.3) is 10.0 Å². The molecule has 0 unspecified atom stereocenters. The maximum absolute atomic E-state index is 13.0. The van der Waals surface area contributed by atoms with Gasteiger partial charge in [-0.25, -0.2) is 13.2 Å². The monoisotopic (exact) mass is 505 g/mol. The Morgan fingerprint density at radius 1 is 1.23 bits per heavy atom. The van der Waals surface area contributed by atoms with E-state index in [-0.39, 0.29) is 20.8 Å². The highest BCUT2D eigenvalue weighted by Crippen LogP contribution is 2.39. The van der Waals surface area contributed by atoms with Crippen LogP contribution < -0.4 is 10.4 Å². The number of nitrogens with zero attached hydrogens (tertiary/aromatic N) is 2. The first-order valence-electron chi connectivity index (χ1n) is 9.15. The Bertz CT molecular complexity index is 1200. The summed E-state index contributed by atoms with van der Waals surface area (Å²) in [5.41, 5.74) is 0.641. The van der Waals surface area contributed by atoms with E-state index in [1.807, 2.05) is 13.8 Å². The molecule has 3 rings (SSSR count). The smallest absolute Gasteiger partial charge is 0.261 e. The Morgan fingerprint density at radius 3 is 2.47 bits per heavy atom. The average Bonchev–Trinajstić information content (AvgIpc) is 2.94. The van der Waals surface area contributed by atoms with Crippen molar-refractivity contribution in [3.05, 3.63) is 49.3 Å². The fraction of sp³-hybridized carbons (Fsp3) is 0.368.